The molecule has 1 saturated carbocycles. The van der Waals surface area contributed by atoms with Crippen molar-refractivity contribution in [1.29, 1.82) is 0 Å². The smallest absolute Gasteiger partial charge is 0.257 e. The van der Waals surface area contributed by atoms with Gasteiger partial charge in [-0.15, -0.1) is 0 Å². The van der Waals surface area contributed by atoms with Gasteiger partial charge in [0.25, 0.3) is 5.89 Å². The van der Waals surface area contributed by atoms with Crippen LogP contribution in [0.2, 0.25) is 0 Å². The van der Waals surface area contributed by atoms with E-state index in [-0.39, 0.29) is 0 Å². The molecular formula is C15H19N3O. The normalized spacial score (nSPS) is 19.0. The molecule has 4 heteroatoms. The number of hydrogen-bond donors (Lipinski definition) is 1. The summed E-state index contributed by atoms with van der Waals surface area (Å²) in [6.07, 6.45) is 6.68. The second kappa shape index (κ2) is 5.13. The summed E-state index contributed by atoms with van der Waals surface area (Å²) >= 11 is 0. The number of aromatic nitrogens is 2. The zero-order valence-corrected chi connectivity index (χ0v) is 11.0. The van der Waals surface area contributed by atoms with Crippen molar-refractivity contribution in [3.05, 3.63) is 36.2 Å². The first-order chi connectivity index (χ1) is 9.28. The van der Waals surface area contributed by atoms with Gasteiger partial charge in [-0.25, -0.2) is 0 Å². The van der Waals surface area contributed by atoms with Crippen LogP contribution in [0.25, 0.3) is 11.5 Å². The van der Waals surface area contributed by atoms with E-state index in [1.165, 1.54) is 12.8 Å². The van der Waals surface area contributed by atoms with Crippen LogP contribution in [-0.4, -0.2) is 10.1 Å². The molecule has 1 aliphatic carbocycles. The largest absolute Gasteiger partial charge is 0.334 e. The second-order valence-electron chi connectivity index (χ2n) is 5.36. The zero-order valence-electron chi connectivity index (χ0n) is 11.0. The summed E-state index contributed by atoms with van der Waals surface area (Å²) in [5.74, 6) is 1.22. The highest BCUT2D eigenvalue weighted by Crippen LogP contribution is 2.33. The first-order valence-corrected chi connectivity index (χ1v) is 6.96. The maximum atomic E-state index is 6.49. The van der Waals surface area contributed by atoms with Gasteiger partial charge in [0.1, 0.15) is 0 Å². The monoisotopic (exact) mass is 257 g/mol. The third-order valence-electron chi connectivity index (χ3n) is 3.89. The van der Waals surface area contributed by atoms with E-state index >= 15 is 0 Å². The molecule has 19 heavy (non-hydrogen) atoms. The van der Waals surface area contributed by atoms with Crippen molar-refractivity contribution in [3.63, 3.8) is 0 Å². The molecule has 100 valence electrons. The number of rotatable bonds is 2. The predicted molar refractivity (Wildman–Crippen MR) is 73.3 cm³/mol. The van der Waals surface area contributed by atoms with E-state index in [9.17, 15) is 0 Å². The van der Waals surface area contributed by atoms with Gasteiger partial charge >= 0.3 is 0 Å². The van der Waals surface area contributed by atoms with Crippen molar-refractivity contribution in [2.45, 2.75) is 44.1 Å². The minimum absolute atomic E-state index is 0.410. The van der Waals surface area contributed by atoms with Gasteiger partial charge in [0.2, 0.25) is 0 Å². The molecule has 0 saturated heterocycles. The Bertz CT molecular complexity index is 527. The molecule has 3 rings (SSSR count). The minimum atomic E-state index is -0.410. The summed E-state index contributed by atoms with van der Waals surface area (Å²) < 4.78 is 5.37. The summed E-state index contributed by atoms with van der Waals surface area (Å²) in [5.41, 5.74) is 7.02. The Morgan fingerprint density at radius 2 is 1.68 bits per heavy atom. The average Bonchev–Trinajstić information content (AvgIpc) is 2.85. The van der Waals surface area contributed by atoms with Gasteiger partial charge in [-0.2, -0.15) is 4.98 Å². The summed E-state index contributed by atoms with van der Waals surface area (Å²) in [4.78, 5) is 4.51. The fourth-order valence-corrected chi connectivity index (χ4v) is 2.71. The highest BCUT2D eigenvalue weighted by molar-refractivity contribution is 5.52. The fraction of sp³-hybridized carbons (Fsp3) is 0.467. The molecule has 4 nitrogen and oxygen atoms in total. The SMILES string of the molecule is NC1(c2noc(-c3ccccc3)n2)CCCCCC1. The van der Waals surface area contributed by atoms with Crippen LogP contribution in [0.15, 0.2) is 34.9 Å². The molecule has 0 spiro atoms. The molecule has 0 amide bonds. The minimum Gasteiger partial charge on any atom is -0.334 e. The predicted octanol–water partition coefficient (Wildman–Crippen LogP) is 3.24. The van der Waals surface area contributed by atoms with Crippen LogP contribution >= 0.6 is 0 Å². The standard InChI is InChI=1S/C15H19N3O/c16-15(10-6-1-2-7-11-15)14-17-13(19-18-14)12-8-4-3-5-9-12/h3-5,8-9H,1-2,6-7,10-11,16H2. The van der Waals surface area contributed by atoms with Gasteiger partial charge in [-0.1, -0.05) is 49.0 Å². The third-order valence-corrected chi connectivity index (χ3v) is 3.89. The van der Waals surface area contributed by atoms with Crippen LogP contribution in [0.5, 0.6) is 0 Å². The third kappa shape index (κ3) is 2.54. The zero-order chi connectivity index (χ0) is 13.1. The lowest BCUT2D eigenvalue weighted by molar-refractivity contribution is 0.334. The number of nitrogens with two attached hydrogens (primary N) is 1. The van der Waals surface area contributed by atoms with Crippen molar-refractivity contribution in [2.24, 2.45) is 5.73 Å². The van der Waals surface area contributed by atoms with Gasteiger partial charge in [0, 0.05) is 5.56 Å². The lowest BCUT2D eigenvalue weighted by Crippen LogP contribution is -2.37. The average molecular weight is 257 g/mol. The van der Waals surface area contributed by atoms with Crippen LogP contribution in [0.4, 0.5) is 0 Å². The first kappa shape index (κ1) is 12.4. The molecule has 1 aromatic heterocycles. The lowest BCUT2D eigenvalue weighted by Gasteiger charge is -2.23. The molecule has 1 heterocycles. The number of hydrogen-bond acceptors (Lipinski definition) is 4. The quantitative estimate of drug-likeness (QED) is 0.839. The van der Waals surface area contributed by atoms with Crippen LogP contribution in [-0.2, 0) is 5.54 Å². The number of nitrogens with zero attached hydrogens (tertiary/aromatic N) is 2. The van der Waals surface area contributed by atoms with Crippen molar-refractivity contribution in [3.8, 4) is 11.5 Å². The van der Waals surface area contributed by atoms with Crippen molar-refractivity contribution < 1.29 is 4.52 Å². The molecule has 0 radical (unpaired) electrons. The maximum absolute atomic E-state index is 6.49. The Kier molecular flexibility index (Phi) is 3.34. The maximum Gasteiger partial charge on any atom is 0.257 e. The van der Waals surface area contributed by atoms with E-state index in [1.54, 1.807) is 0 Å². The van der Waals surface area contributed by atoms with Gasteiger partial charge < -0.3 is 10.3 Å². The van der Waals surface area contributed by atoms with E-state index < -0.39 is 5.54 Å². The Balaban J connectivity index is 1.88. The highest BCUT2D eigenvalue weighted by atomic mass is 16.5. The summed E-state index contributed by atoms with van der Waals surface area (Å²) in [6, 6.07) is 9.82. The van der Waals surface area contributed by atoms with E-state index in [2.05, 4.69) is 10.1 Å². The van der Waals surface area contributed by atoms with E-state index in [0.717, 1.165) is 31.2 Å². The molecule has 0 unspecified atom stereocenters. The molecule has 1 aliphatic rings. The van der Waals surface area contributed by atoms with Gasteiger partial charge in [0.15, 0.2) is 5.82 Å². The lowest BCUT2D eigenvalue weighted by atomic mass is 9.91. The van der Waals surface area contributed by atoms with Crippen molar-refractivity contribution in [1.82, 2.24) is 10.1 Å². The van der Waals surface area contributed by atoms with E-state index in [1.807, 2.05) is 30.3 Å². The first-order valence-electron chi connectivity index (χ1n) is 6.96. The Labute approximate surface area is 113 Å². The Hall–Kier alpha value is -1.68. The van der Waals surface area contributed by atoms with Crippen molar-refractivity contribution in [2.75, 3.05) is 0 Å². The van der Waals surface area contributed by atoms with Crippen LogP contribution in [0.1, 0.15) is 44.3 Å². The topological polar surface area (TPSA) is 64.9 Å². The summed E-state index contributed by atoms with van der Waals surface area (Å²) in [6.45, 7) is 0. The Morgan fingerprint density at radius 1 is 1.00 bits per heavy atom. The van der Waals surface area contributed by atoms with Crippen molar-refractivity contribution >= 4 is 0 Å². The van der Waals surface area contributed by atoms with Crippen LogP contribution < -0.4 is 5.73 Å². The molecule has 0 bridgehead atoms. The van der Waals surface area contributed by atoms with Crippen LogP contribution in [0.3, 0.4) is 0 Å². The highest BCUT2D eigenvalue weighted by Gasteiger charge is 2.33. The van der Waals surface area contributed by atoms with Gasteiger partial charge in [-0.3, -0.25) is 0 Å². The Morgan fingerprint density at radius 3 is 2.37 bits per heavy atom. The fourth-order valence-electron chi connectivity index (χ4n) is 2.71. The van der Waals surface area contributed by atoms with Gasteiger partial charge in [-0.05, 0) is 25.0 Å². The molecule has 1 aromatic carbocycles. The molecule has 1 fully saturated rings. The number of benzene rings is 1. The van der Waals surface area contributed by atoms with Crippen LogP contribution in [0, 0.1) is 0 Å². The molecule has 2 N–H and O–H groups in total. The van der Waals surface area contributed by atoms with Gasteiger partial charge in [0.05, 0.1) is 5.54 Å². The van der Waals surface area contributed by atoms with E-state index in [0.29, 0.717) is 11.7 Å². The van der Waals surface area contributed by atoms with E-state index in [4.69, 9.17) is 10.3 Å². The molecule has 0 atom stereocenters. The second-order valence-corrected chi connectivity index (χ2v) is 5.36. The summed E-state index contributed by atoms with van der Waals surface area (Å²) in [7, 11) is 0. The molecule has 0 aliphatic heterocycles. The molecular weight excluding hydrogens is 238 g/mol. The summed E-state index contributed by atoms with van der Waals surface area (Å²) in [5, 5.41) is 4.12. The molecule has 2 aromatic rings.